The predicted molar refractivity (Wildman–Crippen MR) is 81.9 cm³/mol. The third-order valence-corrected chi connectivity index (χ3v) is 5.38. The molecular formula is C15H17FN2O2S. The third-order valence-electron chi connectivity index (χ3n) is 4.23. The molecule has 3 N–H and O–H groups in total. The first-order valence-corrected chi connectivity index (χ1v) is 7.74. The molecule has 0 aliphatic carbocycles. The van der Waals surface area contributed by atoms with Crippen LogP contribution in [0.1, 0.15) is 23.0 Å². The van der Waals surface area contributed by atoms with Gasteiger partial charge in [-0.15, -0.1) is 11.3 Å². The summed E-state index contributed by atoms with van der Waals surface area (Å²) in [6, 6.07) is 4.52. The fraction of sp³-hybridized carbons (Fsp3) is 0.400. The van der Waals surface area contributed by atoms with E-state index in [0.717, 1.165) is 6.42 Å². The molecule has 1 aliphatic heterocycles. The van der Waals surface area contributed by atoms with E-state index in [2.05, 4.69) is 0 Å². The van der Waals surface area contributed by atoms with Gasteiger partial charge < -0.3 is 15.7 Å². The standard InChI is InChI=1S/C15H17FN2O2S/c1-8-5-6-18(10(8)7-19)15(20)14-13(17)12-9(16)3-2-4-11(12)21-14/h2-4,8,10,19H,5-7,17H2,1H3. The van der Waals surface area contributed by atoms with Crippen molar-refractivity contribution in [3.05, 3.63) is 28.9 Å². The van der Waals surface area contributed by atoms with E-state index in [1.807, 2.05) is 6.92 Å². The number of amides is 1. The predicted octanol–water partition coefficient (Wildman–Crippen LogP) is 2.47. The first kappa shape index (κ1) is 14.3. The Kier molecular flexibility index (Phi) is 3.59. The van der Waals surface area contributed by atoms with Crippen LogP contribution in [0, 0.1) is 11.7 Å². The van der Waals surface area contributed by atoms with Crippen molar-refractivity contribution in [2.75, 3.05) is 18.9 Å². The molecule has 1 saturated heterocycles. The summed E-state index contributed by atoms with van der Waals surface area (Å²) in [7, 11) is 0. The van der Waals surface area contributed by atoms with Gasteiger partial charge in [-0.05, 0) is 24.5 Å². The zero-order valence-corrected chi connectivity index (χ0v) is 12.5. The maximum atomic E-state index is 13.9. The van der Waals surface area contributed by atoms with Gasteiger partial charge in [0, 0.05) is 11.2 Å². The summed E-state index contributed by atoms with van der Waals surface area (Å²) in [5, 5.41) is 9.79. The monoisotopic (exact) mass is 308 g/mol. The number of aliphatic hydroxyl groups excluding tert-OH is 1. The Morgan fingerprint density at radius 3 is 3.00 bits per heavy atom. The van der Waals surface area contributed by atoms with Crippen molar-refractivity contribution in [3.63, 3.8) is 0 Å². The van der Waals surface area contributed by atoms with E-state index in [0.29, 0.717) is 21.5 Å². The number of halogens is 1. The number of thiophene rings is 1. The molecule has 2 heterocycles. The van der Waals surface area contributed by atoms with Crippen LogP contribution in [0.15, 0.2) is 18.2 Å². The minimum absolute atomic E-state index is 0.0634. The molecular weight excluding hydrogens is 291 g/mol. The molecule has 0 spiro atoms. The second-order valence-corrected chi connectivity index (χ2v) is 6.52. The molecule has 1 amide bonds. The average molecular weight is 308 g/mol. The fourth-order valence-electron chi connectivity index (χ4n) is 2.96. The summed E-state index contributed by atoms with van der Waals surface area (Å²) in [4.78, 5) is 14.7. The summed E-state index contributed by atoms with van der Waals surface area (Å²) in [5.41, 5.74) is 6.19. The Bertz CT molecular complexity index is 700. The van der Waals surface area contributed by atoms with Crippen LogP contribution in [0.2, 0.25) is 0 Å². The maximum absolute atomic E-state index is 13.9. The molecule has 6 heteroatoms. The van der Waals surface area contributed by atoms with Gasteiger partial charge in [0.2, 0.25) is 0 Å². The van der Waals surface area contributed by atoms with E-state index >= 15 is 0 Å². The lowest BCUT2D eigenvalue weighted by atomic mass is 10.0. The number of likely N-dealkylation sites (tertiary alicyclic amines) is 1. The molecule has 0 radical (unpaired) electrons. The highest BCUT2D eigenvalue weighted by Crippen LogP contribution is 2.37. The molecule has 2 atom stereocenters. The van der Waals surface area contributed by atoms with Gasteiger partial charge in [0.05, 0.1) is 23.7 Å². The number of fused-ring (bicyclic) bond motifs is 1. The zero-order valence-electron chi connectivity index (χ0n) is 11.7. The molecule has 2 aromatic rings. The van der Waals surface area contributed by atoms with Gasteiger partial charge in [0.15, 0.2) is 0 Å². The average Bonchev–Trinajstić information content (AvgIpc) is 3.00. The SMILES string of the molecule is CC1CCN(C(=O)c2sc3cccc(F)c3c2N)C1CO. The lowest BCUT2D eigenvalue weighted by molar-refractivity contribution is 0.0654. The number of nitrogen functional groups attached to an aromatic ring is 1. The van der Waals surface area contributed by atoms with Gasteiger partial charge >= 0.3 is 0 Å². The van der Waals surface area contributed by atoms with Gasteiger partial charge in [-0.2, -0.15) is 0 Å². The number of nitrogens with two attached hydrogens (primary N) is 1. The van der Waals surface area contributed by atoms with Crippen LogP contribution in [0.5, 0.6) is 0 Å². The van der Waals surface area contributed by atoms with Crippen LogP contribution in [0.4, 0.5) is 10.1 Å². The van der Waals surface area contributed by atoms with Crippen LogP contribution in [-0.2, 0) is 0 Å². The topological polar surface area (TPSA) is 66.6 Å². The molecule has 112 valence electrons. The molecule has 21 heavy (non-hydrogen) atoms. The van der Waals surface area contributed by atoms with Crippen molar-refractivity contribution >= 4 is 33.0 Å². The molecule has 3 rings (SSSR count). The number of carbonyl (C=O) groups is 1. The maximum Gasteiger partial charge on any atom is 0.266 e. The molecule has 2 unspecified atom stereocenters. The van der Waals surface area contributed by atoms with E-state index in [9.17, 15) is 14.3 Å². The van der Waals surface area contributed by atoms with Crippen molar-refractivity contribution in [2.24, 2.45) is 5.92 Å². The summed E-state index contributed by atoms with van der Waals surface area (Å²) < 4.78 is 14.5. The third kappa shape index (κ3) is 2.18. The van der Waals surface area contributed by atoms with Crippen LogP contribution < -0.4 is 5.73 Å². The minimum Gasteiger partial charge on any atom is -0.397 e. The number of rotatable bonds is 2. The van der Waals surface area contributed by atoms with Crippen molar-refractivity contribution in [2.45, 2.75) is 19.4 Å². The van der Waals surface area contributed by atoms with Crippen molar-refractivity contribution in [3.8, 4) is 0 Å². The molecule has 1 aromatic carbocycles. The van der Waals surface area contributed by atoms with Gasteiger partial charge in [-0.3, -0.25) is 4.79 Å². The highest BCUT2D eigenvalue weighted by atomic mass is 32.1. The van der Waals surface area contributed by atoms with E-state index < -0.39 is 5.82 Å². The Morgan fingerprint density at radius 1 is 1.57 bits per heavy atom. The highest BCUT2D eigenvalue weighted by Gasteiger charge is 2.36. The van der Waals surface area contributed by atoms with E-state index in [-0.39, 0.29) is 30.2 Å². The summed E-state index contributed by atoms with van der Waals surface area (Å²) in [6.07, 6.45) is 0.857. The molecule has 0 saturated carbocycles. The Balaban J connectivity index is 2.03. The van der Waals surface area contributed by atoms with Gasteiger partial charge in [-0.1, -0.05) is 13.0 Å². The Hall–Kier alpha value is -1.66. The molecule has 4 nitrogen and oxygen atoms in total. The molecule has 0 bridgehead atoms. The Labute approximate surface area is 126 Å². The van der Waals surface area contributed by atoms with E-state index in [1.165, 1.54) is 17.4 Å². The van der Waals surface area contributed by atoms with E-state index in [4.69, 9.17) is 5.73 Å². The van der Waals surface area contributed by atoms with Crippen LogP contribution in [0.3, 0.4) is 0 Å². The number of hydrogen-bond donors (Lipinski definition) is 2. The molecule has 1 aliphatic rings. The number of nitrogens with zero attached hydrogens (tertiary/aromatic N) is 1. The number of aliphatic hydroxyl groups is 1. The first-order chi connectivity index (χ1) is 10.0. The van der Waals surface area contributed by atoms with Crippen LogP contribution in [0.25, 0.3) is 10.1 Å². The summed E-state index contributed by atoms with van der Waals surface area (Å²) in [6.45, 7) is 2.55. The smallest absolute Gasteiger partial charge is 0.266 e. The zero-order chi connectivity index (χ0) is 15.1. The lowest BCUT2D eigenvalue weighted by Gasteiger charge is -2.24. The summed E-state index contributed by atoms with van der Waals surface area (Å²) >= 11 is 1.21. The van der Waals surface area contributed by atoms with Crippen LogP contribution >= 0.6 is 11.3 Å². The highest BCUT2D eigenvalue weighted by molar-refractivity contribution is 7.21. The molecule has 1 aromatic heterocycles. The normalized spacial score (nSPS) is 22.1. The second-order valence-electron chi connectivity index (χ2n) is 5.47. The minimum atomic E-state index is -0.409. The number of carbonyl (C=O) groups excluding carboxylic acids is 1. The lowest BCUT2D eigenvalue weighted by Crippen LogP contribution is -2.39. The first-order valence-electron chi connectivity index (χ1n) is 6.93. The summed E-state index contributed by atoms with van der Waals surface area (Å²) in [5.74, 6) is -0.364. The van der Waals surface area contributed by atoms with Crippen molar-refractivity contribution in [1.82, 2.24) is 4.90 Å². The van der Waals surface area contributed by atoms with Gasteiger partial charge in [-0.25, -0.2) is 4.39 Å². The Morgan fingerprint density at radius 2 is 2.33 bits per heavy atom. The quantitative estimate of drug-likeness (QED) is 0.895. The number of benzene rings is 1. The van der Waals surface area contributed by atoms with Gasteiger partial charge in [0.1, 0.15) is 10.7 Å². The fourth-order valence-corrected chi connectivity index (χ4v) is 4.05. The largest absolute Gasteiger partial charge is 0.397 e. The van der Waals surface area contributed by atoms with E-state index in [1.54, 1.807) is 17.0 Å². The second kappa shape index (κ2) is 5.27. The van der Waals surface area contributed by atoms with Crippen molar-refractivity contribution in [1.29, 1.82) is 0 Å². The van der Waals surface area contributed by atoms with Crippen molar-refractivity contribution < 1.29 is 14.3 Å². The van der Waals surface area contributed by atoms with Gasteiger partial charge in [0.25, 0.3) is 5.91 Å². The number of anilines is 1. The molecule has 1 fully saturated rings. The number of hydrogen-bond acceptors (Lipinski definition) is 4. The van der Waals surface area contributed by atoms with Crippen LogP contribution in [-0.4, -0.2) is 35.1 Å².